The molecular weight excluding hydrogens is 554 g/mol. The molecule has 3 aromatic carbocycles. The lowest BCUT2D eigenvalue weighted by Gasteiger charge is -2.09. The lowest BCUT2D eigenvalue weighted by Crippen LogP contribution is -2.24. The summed E-state index contributed by atoms with van der Waals surface area (Å²) < 4.78 is 15.9. The molecule has 0 aliphatic rings. The van der Waals surface area contributed by atoms with E-state index in [-0.39, 0.29) is 23.4 Å². The van der Waals surface area contributed by atoms with Crippen LogP contribution in [0.1, 0.15) is 15.9 Å². The van der Waals surface area contributed by atoms with Crippen molar-refractivity contribution < 1.29 is 29.0 Å². The SMILES string of the molecule is Cn1c(-c2cccc(CC(=O)C(=O)Nc3cccc(F)c3)c2)c(I)c2cc(C(=O)O)c(O)cc21. The second-order valence-electron chi connectivity index (χ2n) is 7.68. The molecule has 0 fully saturated rings. The minimum Gasteiger partial charge on any atom is -0.507 e. The third kappa shape index (κ3) is 4.51. The zero-order chi connectivity index (χ0) is 24.6. The Balaban J connectivity index is 1.63. The second kappa shape index (κ2) is 9.26. The highest BCUT2D eigenvalue weighted by Gasteiger charge is 2.20. The summed E-state index contributed by atoms with van der Waals surface area (Å²) in [6.07, 6.45) is -0.153. The van der Waals surface area contributed by atoms with Crippen LogP contribution in [-0.2, 0) is 23.1 Å². The van der Waals surface area contributed by atoms with Crippen molar-refractivity contribution in [2.45, 2.75) is 6.42 Å². The summed E-state index contributed by atoms with van der Waals surface area (Å²) >= 11 is 2.12. The summed E-state index contributed by atoms with van der Waals surface area (Å²) in [5, 5.41) is 22.5. The molecule has 1 aromatic heterocycles. The molecule has 4 rings (SSSR count). The van der Waals surface area contributed by atoms with E-state index in [1.165, 1.54) is 30.3 Å². The fourth-order valence-corrected chi connectivity index (χ4v) is 4.88. The Kier molecular flexibility index (Phi) is 6.38. The summed E-state index contributed by atoms with van der Waals surface area (Å²) in [5.74, 6) is -3.59. The van der Waals surface area contributed by atoms with Gasteiger partial charge in [-0.1, -0.05) is 24.3 Å². The van der Waals surface area contributed by atoms with E-state index in [0.29, 0.717) is 16.5 Å². The van der Waals surface area contributed by atoms with Crippen LogP contribution in [0.5, 0.6) is 5.75 Å². The monoisotopic (exact) mass is 572 g/mol. The molecule has 0 unspecified atom stereocenters. The number of aromatic carboxylic acids is 1. The molecule has 3 N–H and O–H groups in total. The average Bonchev–Trinajstić information content (AvgIpc) is 3.02. The van der Waals surface area contributed by atoms with E-state index in [1.807, 2.05) is 10.6 Å². The summed E-state index contributed by atoms with van der Waals surface area (Å²) in [6.45, 7) is 0. The number of nitrogens with one attached hydrogen (secondary N) is 1. The van der Waals surface area contributed by atoms with Gasteiger partial charge in [-0.3, -0.25) is 9.59 Å². The number of anilines is 1. The number of benzene rings is 3. The molecule has 9 heteroatoms. The highest BCUT2D eigenvalue weighted by molar-refractivity contribution is 14.1. The lowest BCUT2D eigenvalue weighted by molar-refractivity contribution is -0.134. The van der Waals surface area contributed by atoms with Crippen LogP contribution in [0.15, 0.2) is 60.7 Å². The molecule has 1 heterocycles. The highest BCUT2D eigenvalue weighted by Crippen LogP contribution is 2.37. The molecule has 0 saturated carbocycles. The largest absolute Gasteiger partial charge is 0.507 e. The van der Waals surface area contributed by atoms with E-state index >= 15 is 0 Å². The van der Waals surface area contributed by atoms with Crippen LogP contribution in [0.4, 0.5) is 10.1 Å². The van der Waals surface area contributed by atoms with Crippen molar-refractivity contribution in [2.75, 3.05) is 5.32 Å². The third-order valence-electron chi connectivity index (χ3n) is 5.39. The number of fused-ring (bicyclic) bond motifs is 1. The van der Waals surface area contributed by atoms with Gasteiger partial charge in [0.15, 0.2) is 0 Å². The molecule has 1 amide bonds. The number of carbonyl (C=O) groups is 3. The van der Waals surface area contributed by atoms with E-state index < -0.39 is 23.5 Å². The van der Waals surface area contributed by atoms with Gasteiger partial charge in [0.1, 0.15) is 17.1 Å². The number of carboxylic acids is 1. The predicted octanol–water partition coefficient (Wildman–Crippen LogP) is 4.74. The maximum Gasteiger partial charge on any atom is 0.339 e. The average molecular weight is 572 g/mol. The van der Waals surface area contributed by atoms with Crippen LogP contribution in [0.2, 0.25) is 0 Å². The van der Waals surface area contributed by atoms with Crippen molar-refractivity contribution in [1.82, 2.24) is 4.57 Å². The predicted molar refractivity (Wildman–Crippen MR) is 133 cm³/mol. The van der Waals surface area contributed by atoms with Crippen molar-refractivity contribution in [3.63, 3.8) is 0 Å². The maximum absolute atomic E-state index is 13.3. The van der Waals surface area contributed by atoms with Gasteiger partial charge < -0.3 is 20.1 Å². The molecule has 0 saturated heterocycles. The molecule has 0 spiro atoms. The first-order valence-electron chi connectivity index (χ1n) is 10.1. The van der Waals surface area contributed by atoms with Gasteiger partial charge in [0, 0.05) is 34.2 Å². The minimum atomic E-state index is -1.22. The fraction of sp³-hybridized carbons (Fsp3) is 0.0800. The molecule has 0 radical (unpaired) electrons. The molecular formula is C25H18FIN2O5. The van der Waals surface area contributed by atoms with E-state index in [9.17, 15) is 29.0 Å². The maximum atomic E-state index is 13.3. The van der Waals surface area contributed by atoms with Crippen LogP contribution < -0.4 is 5.32 Å². The Labute approximate surface area is 207 Å². The number of halogens is 2. The zero-order valence-corrected chi connectivity index (χ0v) is 20.0. The molecule has 4 aromatic rings. The number of aryl methyl sites for hydroxylation is 1. The number of carbonyl (C=O) groups excluding carboxylic acids is 2. The molecule has 7 nitrogen and oxygen atoms in total. The Bertz CT molecular complexity index is 1480. The van der Waals surface area contributed by atoms with E-state index in [4.69, 9.17) is 0 Å². The van der Waals surface area contributed by atoms with Gasteiger partial charge in [-0.2, -0.15) is 0 Å². The number of phenols is 1. The molecule has 172 valence electrons. The molecule has 34 heavy (non-hydrogen) atoms. The number of aromatic hydroxyl groups is 1. The van der Waals surface area contributed by atoms with Crippen molar-refractivity contribution in [2.24, 2.45) is 7.05 Å². The number of carboxylic acid groups (broad SMARTS) is 1. The normalized spacial score (nSPS) is 10.9. The number of Topliss-reactive ketones (excluding diaryl/α,β-unsaturated/α-hetero) is 1. The van der Waals surface area contributed by atoms with E-state index in [0.717, 1.165) is 20.9 Å². The van der Waals surface area contributed by atoms with Gasteiger partial charge in [0.2, 0.25) is 5.78 Å². The first kappa shape index (κ1) is 23.4. The van der Waals surface area contributed by atoms with Gasteiger partial charge in [-0.25, -0.2) is 9.18 Å². The van der Waals surface area contributed by atoms with Crippen LogP contribution >= 0.6 is 22.6 Å². The Morgan fingerprint density at radius 2 is 1.79 bits per heavy atom. The lowest BCUT2D eigenvalue weighted by atomic mass is 10.0. The van der Waals surface area contributed by atoms with Crippen molar-refractivity contribution in [3.8, 4) is 17.0 Å². The Morgan fingerprint density at radius 1 is 1.06 bits per heavy atom. The van der Waals surface area contributed by atoms with Gasteiger partial charge in [0.05, 0.1) is 11.2 Å². The first-order valence-corrected chi connectivity index (χ1v) is 11.2. The second-order valence-corrected chi connectivity index (χ2v) is 8.76. The molecule has 0 aliphatic carbocycles. The zero-order valence-electron chi connectivity index (χ0n) is 17.8. The Hall–Kier alpha value is -3.73. The van der Waals surface area contributed by atoms with Gasteiger partial charge in [-0.15, -0.1) is 0 Å². The molecule has 0 bridgehead atoms. The number of amides is 1. The van der Waals surface area contributed by atoms with Crippen molar-refractivity contribution >= 4 is 56.8 Å². The number of rotatable bonds is 6. The fourth-order valence-electron chi connectivity index (χ4n) is 3.78. The smallest absolute Gasteiger partial charge is 0.339 e. The van der Waals surface area contributed by atoms with Crippen LogP contribution in [-0.4, -0.2) is 32.4 Å². The van der Waals surface area contributed by atoms with E-state index in [2.05, 4.69) is 27.9 Å². The number of ketones is 1. The van der Waals surface area contributed by atoms with Gasteiger partial charge in [-0.05, 0) is 64.0 Å². The molecule has 0 atom stereocenters. The van der Waals surface area contributed by atoms with E-state index in [1.54, 1.807) is 25.2 Å². The summed E-state index contributed by atoms with van der Waals surface area (Å²) in [7, 11) is 1.80. The molecule has 0 aliphatic heterocycles. The minimum absolute atomic E-state index is 0.153. The van der Waals surface area contributed by atoms with Crippen LogP contribution in [0.25, 0.3) is 22.2 Å². The third-order valence-corrected chi connectivity index (χ3v) is 6.48. The Morgan fingerprint density at radius 3 is 2.50 bits per heavy atom. The summed E-state index contributed by atoms with van der Waals surface area (Å²) in [6, 6.07) is 15.2. The number of nitrogens with zero attached hydrogens (tertiary/aromatic N) is 1. The summed E-state index contributed by atoms with van der Waals surface area (Å²) in [4.78, 5) is 36.2. The standard InChI is InChI=1S/C25H18FIN2O5/c1-29-19-12-20(30)18(25(33)34)11-17(19)22(27)23(29)14-5-2-4-13(8-14)9-21(31)24(32)28-16-7-3-6-15(26)10-16/h2-8,10-12,30H,9H2,1H3,(H,28,32)(H,33,34). The van der Waals surface area contributed by atoms with Crippen molar-refractivity contribution in [3.05, 3.63) is 81.2 Å². The number of hydrogen-bond donors (Lipinski definition) is 3. The first-order chi connectivity index (χ1) is 16.2. The quantitative estimate of drug-likeness (QED) is 0.229. The highest BCUT2D eigenvalue weighted by atomic mass is 127. The van der Waals surface area contributed by atoms with Crippen LogP contribution in [0.3, 0.4) is 0 Å². The van der Waals surface area contributed by atoms with Gasteiger partial charge in [0.25, 0.3) is 5.91 Å². The number of hydrogen-bond acceptors (Lipinski definition) is 4. The van der Waals surface area contributed by atoms with Gasteiger partial charge >= 0.3 is 5.97 Å². The summed E-state index contributed by atoms with van der Waals surface area (Å²) in [5.41, 5.74) is 2.79. The van der Waals surface area contributed by atoms with Crippen molar-refractivity contribution in [1.29, 1.82) is 0 Å². The topological polar surface area (TPSA) is 109 Å². The number of aromatic nitrogens is 1. The van der Waals surface area contributed by atoms with Crippen LogP contribution in [0, 0.1) is 9.39 Å².